The van der Waals surface area contributed by atoms with E-state index in [4.69, 9.17) is 0 Å². The highest BCUT2D eigenvalue weighted by molar-refractivity contribution is 7.86. The van der Waals surface area contributed by atoms with Crippen LogP contribution < -0.4 is 0 Å². The van der Waals surface area contributed by atoms with Crippen LogP contribution in [0.15, 0.2) is 12.2 Å². The van der Waals surface area contributed by atoms with Crippen molar-refractivity contribution < 1.29 is 67.5 Å². The summed E-state index contributed by atoms with van der Waals surface area (Å²) >= 11 is 0. The number of rotatable bonds is 9. The van der Waals surface area contributed by atoms with Crippen LogP contribution in [0.4, 0.5) is 30.7 Å². The lowest BCUT2D eigenvalue weighted by Crippen LogP contribution is -2.60. The number of halogens is 7. The van der Waals surface area contributed by atoms with Gasteiger partial charge < -0.3 is 18.8 Å². The maximum Gasteiger partial charge on any atom is 0.468 e. The van der Waals surface area contributed by atoms with E-state index < -0.39 is 69.4 Å². The molecular weight excluding hydrogens is 473 g/mol. The number of ether oxygens (including phenoxy) is 3. The third-order valence-electron chi connectivity index (χ3n) is 3.09. The minimum absolute atomic E-state index is 0.699. The Kier molecular flexibility index (Phi) is 8.34. The number of alkyl halides is 7. The quantitative estimate of drug-likeness (QED) is 0.159. The lowest BCUT2D eigenvalue weighted by Gasteiger charge is -2.35. The van der Waals surface area contributed by atoms with E-state index in [-0.39, 0.29) is 0 Å². The van der Waals surface area contributed by atoms with Crippen LogP contribution in [-0.4, -0.2) is 60.3 Å². The van der Waals surface area contributed by atoms with E-state index in [1.165, 1.54) is 0 Å². The normalized spacial score (nSPS) is 15.7. The number of carbonyl (C=O) groups excluding carboxylic acids is 2. The molecule has 0 saturated carbocycles. The zero-order chi connectivity index (χ0) is 25.3. The molecule has 16 heteroatoms. The van der Waals surface area contributed by atoms with Gasteiger partial charge >= 0.3 is 35.1 Å². The first-order valence-electron chi connectivity index (χ1n) is 7.95. The van der Waals surface area contributed by atoms with E-state index in [1.54, 1.807) is 0 Å². The van der Waals surface area contributed by atoms with Crippen molar-refractivity contribution in [2.45, 2.75) is 62.9 Å². The molecule has 0 fully saturated rings. The number of hydrogen-bond acceptors (Lipinski definition) is 8. The number of esters is 2. The molecule has 0 rings (SSSR count). The predicted octanol–water partition coefficient (Wildman–Crippen LogP) is 2.89. The molecule has 0 aromatic rings. The average molecular weight is 491 g/mol. The maximum atomic E-state index is 13.7. The van der Waals surface area contributed by atoms with Crippen LogP contribution in [0.1, 0.15) is 34.1 Å². The lowest BCUT2D eigenvalue weighted by molar-refractivity contribution is -0.359. The van der Waals surface area contributed by atoms with Gasteiger partial charge in [-0.3, -0.25) is 0 Å². The molecule has 0 saturated heterocycles. The maximum absolute atomic E-state index is 13.7. The fourth-order valence-corrected chi connectivity index (χ4v) is 2.07. The minimum Gasteiger partial charge on any atom is -0.743 e. The topological polar surface area (TPSA) is 119 Å². The van der Waals surface area contributed by atoms with Crippen molar-refractivity contribution in [2.24, 2.45) is 0 Å². The van der Waals surface area contributed by atoms with Crippen molar-refractivity contribution >= 4 is 22.1 Å². The first kappa shape index (κ1) is 29.1. The third-order valence-corrected chi connectivity index (χ3v) is 4.01. The Morgan fingerprint density at radius 2 is 1.42 bits per heavy atom. The summed E-state index contributed by atoms with van der Waals surface area (Å²) in [6, 6.07) is 0. The van der Waals surface area contributed by atoms with E-state index in [0.717, 1.165) is 27.7 Å². The highest BCUT2D eigenvalue weighted by Crippen LogP contribution is 2.42. The molecule has 0 aromatic heterocycles. The first-order chi connectivity index (χ1) is 13.4. The van der Waals surface area contributed by atoms with Gasteiger partial charge in [0, 0.05) is 12.0 Å². The van der Waals surface area contributed by atoms with E-state index in [0.29, 0.717) is 0 Å². The van der Waals surface area contributed by atoms with Crippen LogP contribution in [0.25, 0.3) is 0 Å². The van der Waals surface area contributed by atoms with Gasteiger partial charge in [0.2, 0.25) is 0 Å². The molecule has 0 heterocycles. The van der Waals surface area contributed by atoms with Crippen LogP contribution in [0.5, 0.6) is 0 Å². The number of carbonyl (C=O) groups is 2. The molecule has 8 nitrogen and oxygen atoms in total. The van der Waals surface area contributed by atoms with E-state index in [9.17, 15) is 53.3 Å². The van der Waals surface area contributed by atoms with Crippen molar-refractivity contribution in [1.82, 2.24) is 0 Å². The lowest BCUT2D eigenvalue weighted by atomic mass is 10.1. The van der Waals surface area contributed by atoms with Crippen LogP contribution in [0.3, 0.4) is 0 Å². The Bertz CT molecular complexity index is 814. The molecule has 0 aromatic carbocycles. The molecule has 0 radical (unpaired) electrons. The molecule has 0 aliphatic heterocycles. The van der Waals surface area contributed by atoms with Crippen LogP contribution in [0.2, 0.25) is 0 Å². The Morgan fingerprint density at radius 3 is 1.74 bits per heavy atom. The predicted molar refractivity (Wildman–Crippen MR) is 85.7 cm³/mol. The van der Waals surface area contributed by atoms with Crippen molar-refractivity contribution in [3.63, 3.8) is 0 Å². The van der Waals surface area contributed by atoms with Gasteiger partial charge in [-0.25, -0.2) is 18.0 Å². The van der Waals surface area contributed by atoms with Gasteiger partial charge in [0.25, 0.3) is 0 Å². The Hall–Kier alpha value is -1.94. The minimum atomic E-state index is -6.92. The fraction of sp³-hybridized carbons (Fsp3) is 0.733. The van der Waals surface area contributed by atoms with Gasteiger partial charge in [0.05, 0.1) is 6.61 Å². The van der Waals surface area contributed by atoms with Gasteiger partial charge in [-0.2, -0.15) is 30.7 Å². The summed E-state index contributed by atoms with van der Waals surface area (Å²) in [5.41, 5.74) is -2.35. The Morgan fingerprint density at radius 1 is 0.968 bits per heavy atom. The second-order valence-corrected chi connectivity index (χ2v) is 8.48. The molecule has 0 aliphatic rings. The Labute approximate surface area is 172 Å². The second-order valence-electron chi connectivity index (χ2n) is 7.06. The summed E-state index contributed by atoms with van der Waals surface area (Å²) in [4.78, 5) is 23.8. The van der Waals surface area contributed by atoms with E-state index in [2.05, 4.69) is 20.8 Å². The smallest absolute Gasteiger partial charge is 0.468 e. The fourth-order valence-electron chi connectivity index (χ4n) is 1.60. The monoisotopic (exact) mass is 491 g/mol. The van der Waals surface area contributed by atoms with Gasteiger partial charge in [-0.1, -0.05) is 6.58 Å². The molecule has 0 aliphatic carbocycles. The van der Waals surface area contributed by atoms with Gasteiger partial charge in [0.15, 0.2) is 10.1 Å². The Balaban J connectivity index is 6.14. The summed E-state index contributed by atoms with van der Waals surface area (Å²) in [6.45, 7) is 4.94. The average Bonchev–Trinajstić information content (AvgIpc) is 2.49. The molecule has 1 atom stereocenters. The summed E-state index contributed by atoms with van der Waals surface area (Å²) < 4.78 is 138. The van der Waals surface area contributed by atoms with Gasteiger partial charge in [-0.15, -0.1) is 0 Å². The van der Waals surface area contributed by atoms with Crippen molar-refractivity contribution in [1.29, 1.82) is 0 Å². The molecule has 31 heavy (non-hydrogen) atoms. The van der Waals surface area contributed by atoms with Gasteiger partial charge in [0.1, 0.15) is 5.60 Å². The van der Waals surface area contributed by atoms with Crippen molar-refractivity contribution in [3.8, 4) is 0 Å². The first-order valence-corrected chi connectivity index (χ1v) is 9.36. The van der Waals surface area contributed by atoms with Crippen molar-refractivity contribution in [3.05, 3.63) is 12.2 Å². The van der Waals surface area contributed by atoms with Crippen LogP contribution in [0, 0.1) is 0 Å². The summed E-state index contributed by atoms with van der Waals surface area (Å²) in [5, 5.41) is -6.22. The van der Waals surface area contributed by atoms with Gasteiger partial charge in [-0.05, 0) is 27.7 Å². The second kappa shape index (κ2) is 8.90. The molecule has 0 amide bonds. The standard InChI is InChI=1S/C15H19F7O8S/c1-8(2)9(23)29-13(14(18,19)20,10(24)30-11(3,4)5)28-7-6-12(16,17)15(21,22)31(25,26)27/h1,6-7H2,2-5H3,(H,25,26,27)/p-1. The molecule has 0 bridgehead atoms. The zero-order valence-corrected chi connectivity index (χ0v) is 17.3. The molecule has 1 unspecified atom stereocenters. The van der Waals surface area contributed by atoms with Crippen LogP contribution in [-0.2, 0) is 33.9 Å². The van der Waals surface area contributed by atoms with E-state index in [1.807, 2.05) is 0 Å². The highest BCUT2D eigenvalue weighted by atomic mass is 32.2. The van der Waals surface area contributed by atoms with Crippen molar-refractivity contribution in [2.75, 3.05) is 6.61 Å². The molecule has 0 spiro atoms. The summed E-state index contributed by atoms with van der Waals surface area (Å²) in [7, 11) is -6.92. The SMILES string of the molecule is C=C(C)C(=O)OC(OCCC(F)(F)C(F)(F)S(=O)(=O)[O-])(C(=O)OC(C)(C)C)C(F)(F)F. The third kappa shape index (κ3) is 6.77. The molecule has 0 N–H and O–H groups in total. The van der Waals surface area contributed by atoms with E-state index >= 15 is 0 Å². The number of hydrogen-bond donors (Lipinski definition) is 0. The summed E-state index contributed by atoms with van der Waals surface area (Å²) in [5.74, 6) is -14.7. The van der Waals surface area contributed by atoms with Crippen LogP contribution >= 0.6 is 0 Å². The highest BCUT2D eigenvalue weighted by Gasteiger charge is 2.69. The zero-order valence-electron chi connectivity index (χ0n) is 16.4. The molecule has 182 valence electrons. The largest absolute Gasteiger partial charge is 0.743 e. The molecular formula is C15H18F7O8S-. The summed E-state index contributed by atoms with van der Waals surface area (Å²) in [6.07, 6.45) is -8.48.